The molecule has 1 saturated heterocycles. The number of fused-ring (bicyclic) bond motifs is 1. The summed E-state index contributed by atoms with van der Waals surface area (Å²) < 4.78 is 6.91. The van der Waals surface area contributed by atoms with Crippen molar-refractivity contribution in [1.29, 1.82) is 0 Å². The maximum atomic E-state index is 12.5. The van der Waals surface area contributed by atoms with Gasteiger partial charge in [0.15, 0.2) is 17.4 Å². The molecule has 0 atom stereocenters. The van der Waals surface area contributed by atoms with E-state index >= 15 is 0 Å². The molecule has 0 amide bonds. The Hall–Kier alpha value is -3.57. The number of hydrogen-bond acceptors (Lipinski definition) is 7. The van der Waals surface area contributed by atoms with Crippen LogP contribution in [0.25, 0.3) is 10.9 Å². The van der Waals surface area contributed by atoms with Crippen LogP contribution in [-0.2, 0) is 11.8 Å². The van der Waals surface area contributed by atoms with Crippen molar-refractivity contribution in [1.82, 2.24) is 14.5 Å². The lowest BCUT2D eigenvalue weighted by Gasteiger charge is -2.30. The number of ether oxygens (including phenoxy) is 1. The molecule has 1 aliphatic heterocycles. The van der Waals surface area contributed by atoms with Gasteiger partial charge in [0, 0.05) is 37.1 Å². The molecule has 1 aliphatic rings. The van der Waals surface area contributed by atoms with Crippen molar-refractivity contribution >= 4 is 45.7 Å². The summed E-state index contributed by atoms with van der Waals surface area (Å²) >= 11 is 6.39. The summed E-state index contributed by atoms with van der Waals surface area (Å²) in [6.45, 7) is 4.81. The van der Waals surface area contributed by atoms with Crippen LogP contribution in [0.3, 0.4) is 0 Å². The maximum absolute atomic E-state index is 12.5. The fourth-order valence-electron chi connectivity index (χ4n) is 3.98. The van der Waals surface area contributed by atoms with E-state index in [0.29, 0.717) is 22.7 Å². The van der Waals surface area contributed by atoms with Crippen LogP contribution in [0, 0.1) is 17.8 Å². The lowest BCUT2D eigenvalue weighted by atomic mass is 9.98. The molecule has 0 bridgehead atoms. The summed E-state index contributed by atoms with van der Waals surface area (Å²) in [7, 11) is 1.67. The molecular formula is C25H26ClN5O3. The van der Waals surface area contributed by atoms with E-state index in [9.17, 15) is 9.59 Å². The molecule has 176 valence electrons. The standard InChI is InChI=1S/C25H26ClN5O3/c1-4-5-17-8-10-31(11-9-17)25-27-14-20(26)23(29-25)28-19-6-7-21-18(12-19)13-22(24(33)30(21)3)34-15-16(2)32/h6-7,12-14,17H,8-11,15H2,1-3H3,(H,27,28,29). The van der Waals surface area contributed by atoms with E-state index in [0.717, 1.165) is 42.5 Å². The van der Waals surface area contributed by atoms with E-state index in [2.05, 4.69) is 32.0 Å². The zero-order valence-corrected chi connectivity index (χ0v) is 20.1. The third-order valence-electron chi connectivity index (χ3n) is 5.74. The number of carbonyl (C=O) groups is 1. The van der Waals surface area contributed by atoms with Crippen LogP contribution in [0.2, 0.25) is 5.02 Å². The van der Waals surface area contributed by atoms with Crippen molar-refractivity contribution in [2.45, 2.75) is 26.7 Å². The smallest absolute Gasteiger partial charge is 0.293 e. The number of halogens is 1. The molecule has 0 radical (unpaired) electrons. The second kappa shape index (κ2) is 10.1. The Morgan fingerprint density at radius 3 is 2.76 bits per heavy atom. The lowest BCUT2D eigenvalue weighted by molar-refractivity contribution is -0.118. The van der Waals surface area contributed by atoms with E-state index in [1.54, 1.807) is 19.3 Å². The number of nitrogens with one attached hydrogen (secondary N) is 1. The number of anilines is 3. The van der Waals surface area contributed by atoms with Gasteiger partial charge in [0.25, 0.3) is 5.56 Å². The van der Waals surface area contributed by atoms with Crippen molar-refractivity contribution in [3.05, 3.63) is 45.8 Å². The molecule has 2 aromatic heterocycles. The predicted octanol–water partition coefficient (Wildman–Crippen LogP) is 3.93. The summed E-state index contributed by atoms with van der Waals surface area (Å²) in [5.74, 6) is 7.76. The molecule has 0 unspecified atom stereocenters. The molecule has 1 fully saturated rings. The number of aryl methyl sites for hydroxylation is 1. The van der Waals surface area contributed by atoms with Gasteiger partial charge < -0.3 is 19.5 Å². The lowest BCUT2D eigenvalue weighted by Crippen LogP contribution is -2.34. The van der Waals surface area contributed by atoms with Crippen LogP contribution in [-0.4, -0.2) is 40.0 Å². The third-order valence-corrected chi connectivity index (χ3v) is 6.02. The number of benzene rings is 1. The number of Topliss-reactive ketones (excluding diaryl/α,β-unsaturated/α-hetero) is 1. The minimum atomic E-state index is -0.299. The normalized spacial score (nSPS) is 13.9. The second-order valence-corrected chi connectivity index (χ2v) is 8.69. The highest BCUT2D eigenvalue weighted by atomic mass is 35.5. The fraction of sp³-hybridized carbons (Fsp3) is 0.360. The summed E-state index contributed by atoms with van der Waals surface area (Å²) in [6, 6.07) is 7.21. The first-order valence-electron chi connectivity index (χ1n) is 11.1. The van der Waals surface area contributed by atoms with Crippen LogP contribution in [0.1, 0.15) is 26.7 Å². The van der Waals surface area contributed by atoms with Gasteiger partial charge in [-0.15, -0.1) is 11.8 Å². The molecule has 34 heavy (non-hydrogen) atoms. The SMILES string of the molecule is CC#CC1CCN(c2ncc(Cl)c(Nc3ccc4c(c3)cc(OCC(C)=O)c(=O)n4C)n2)CC1. The largest absolute Gasteiger partial charge is 0.480 e. The van der Waals surface area contributed by atoms with Gasteiger partial charge in [0.05, 0.1) is 11.7 Å². The van der Waals surface area contributed by atoms with Crippen LogP contribution >= 0.6 is 11.6 Å². The highest BCUT2D eigenvalue weighted by Gasteiger charge is 2.20. The van der Waals surface area contributed by atoms with Crippen molar-refractivity contribution in [2.75, 3.05) is 29.9 Å². The Balaban J connectivity index is 1.58. The third kappa shape index (κ3) is 5.15. The number of pyridine rings is 1. The van der Waals surface area contributed by atoms with Crippen LogP contribution < -0.4 is 20.5 Å². The van der Waals surface area contributed by atoms with Gasteiger partial charge in [-0.1, -0.05) is 11.6 Å². The van der Waals surface area contributed by atoms with E-state index in [1.165, 1.54) is 11.5 Å². The number of rotatable bonds is 6. The first kappa shape index (κ1) is 23.6. The number of carbonyl (C=O) groups excluding carboxylic acids is 1. The average molecular weight is 480 g/mol. The molecule has 1 N–H and O–H groups in total. The molecule has 0 spiro atoms. The van der Waals surface area contributed by atoms with E-state index in [-0.39, 0.29) is 23.7 Å². The molecule has 3 aromatic rings. The number of piperidine rings is 1. The summed E-state index contributed by atoms with van der Waals surface area (Å²) in [5.41, 5.74) is 1.18. The summed E-state index contributed by atoms with van der Waals surface area (Å²) in [5, 5.41) is 4.44. The topological polar surface area (TPSA) is 89.4 Å². The average Bonchev–Trinajstić information content (AvgIpc) is 2.82. The van der Waals surface area contributed by atoms with Crippen LogP contribution in [0.5, 0.6) is 5.75 Å². The predicted molar refractivity (Wildman–Crippen MR) is 134 cm³/mol. The zero-order valence-electron chi connectivity index (χ0n) is 19.4. The van der Waals surface area contributed by atoms with Crippen molar-refractivity contribution < 1.29 is 9.53 Å². The van der Waals surface area contributed by atoms with Gasteiger partial charge in [-0.3, -0.25) is 9.59 Å². The quantitative estimate of drug-likeness (QED) is 0.536. The highest BCUT2D eigenvalue weighted by molar-refractivity contribution is 6.32. The van der Waals surface area contributed by atoms with Gasteiger partial charge in [0.2, 0.25) is 5.95 Å². The van der Waals surface area contributed by atoms with Crippen LogP contribution in [0.15, 0.2) is 35.3 Å². The monoisotopic (exact) mass is 479 g/mol. The number of nitrogens with zero attached hydrogens (tertiary/aromatic N) is 4. The Bertz CT molecular complexity index is 1350. The molecule has 0 aliphatic carbocycles. The first-order valence-corrected chi connectivity index (χ1v) is 11.5. The molecular weight excluding hydrogens is 454 g/mol. The summed E-state index contributed by atoms with van der Waals surface area (Å²) in [6.07, 6.45) is 3.56. The molecule has 0 saturated carbocycles. The van der Waals surface area contributed by atoms with Gasteiger partial charge in [-0.2, -0.15) is 4.98 Å². The minimum Gasteiger partial charge on any atom is -0.480 e. The number of aromatic nitrogens is 3. The summed E-state index contributed by atoms with van der Waals surface area (Å²) in [4.78, 5) is 35.0. The van der Waals surface area contributed by atoms with Gasteiger partial charge in [-0.25, -0.2) is 4.98 Å². The van der Waals surface area contributed by atoms with E-state index in [4.69, 9.17) is 16.3 Å². The van der Waals surface area contributed by atoms with E-state index < -0.39 is 0 Å². The number of ketones is 1. The second-order valence-electron chi connectivity index (χ2n) is 8.28. The van der Waals surface area contributed by atoms with Gasteiger partial charge in [-0.05, 0) is 51.0 Å². The Morgan fingerprint density at radius 2 is 2.06 bits per heavy atom. The Kier molecular flexibility index (Phi) is 7.03. The maximum Gasteiger partial charge on any atom is 0.293 e. The van der Waals surface area contributed by atoms with Crippen LogP contribution in [0.4, 0.5) is 17.5 Å². The van der Waals surface area contributed by atoms with Crippen molar-refractivity contribution in [3.8, 4) is 17.6 Å². The minimum absolute atomic E-state index is 0.126. The molecule has 1 aromatic carbocycles. The van der Waals surface area contributed by atoms with Crippen molar-refractivity contribution in [2.24, 2.45) is 13.0 Å². The van der Waals surface area contributed by atoms with E-state index in [1.807, 2.05) is 25.1 Å². The fourth-order valence-corrected chi connectivity index (χ4v) is 4.11. The molecule has 4 rings (SSSR count). The molecule has 8 nitrogen and oxygen atoms in total. The van der Waals surface area contributed by atoms with Gasteiger partial charge in [0.1, 0.15) is 11.6 Å². The Morgan fingerprint density at radius 1 is 1.29 bits per heavy atom. The van der Waals surface area contributed by atoms with Crippen molar-refractivity contribution in [3.63, 3.8) is 0 Å². The number of hydrogen-bond donors (Lipinski definition) is 1. The van der Waals surface area contributed by atoms with Gasteiger partial charge >= 0.3 is 0 Å². The molecule has 3 heterocycles. The first-order chi connectivity index (χ1) is 16.4. The zero-order chi connectivity index (χ0) is 24.2. The molecule has 9 heteroatoms. The highest BCUT2D eigenvalue weighted by Crippen LogP contribution is 2.29. The Labute approximate surface area is 202 Å².